The first kappa shape index (κ1) is 22.4. The Hall–Kier alpha value is -1.91. The zero-order valence-electron chi connectivity index (χ0n) is 16.8. The molecule has 2 aromatic heterocycles. The van der Waals surface area contributed by atoms with Crippen molar-refractivity contribution >= 4 is 34.5 Å². The number of aryl methyl sites for hydroxylation is 1. The van der Waals surface area contributed by atoms with Crippen molar-refractivity contribution in [1.29, 1.82) is 0 Å². The minimum absolute atomic E-state index is 0.174. The van der Waals surface area contributed by atoms with E-state index in [0.717, 1.165) is 22.3 Å². The van der Waals surface area contributed by atoms with Gasteiger partial charge in [0.1, 0.15) is 16.8 Å². The summed E-state index contributed by atoms with van der Waals surface area (Å²) in [5.41, 5.74) is 3.58. The van der Waals surface area contributed by atoms with Crippen molar-refractivity contribution in [3.63, 3.8) is 0 Å². The average Bonchev–Trinajstić information content (AvgIpc) is 2.91. The maximum Gasteiger partial charge on any atom is 0.133 e. The zero-order chi connectivity index (χ0) is 21.1. The third-order valence-electron chi connectivity index (χ3n) is 4.08. The summed E-state index contributed by atoms with van der Waals surface area (Å²) < 4.78 is 14.6. The van der Waals surface area contributed by atoms with E-state index in [-0.39, 0.29) is 11.2 Å². The van der Waals surface area contributed by atoms with Crippen molar-refractivity contribution in [2.24, 2.45) is 5.41 Å². The summed E-state index contributed by atoms with van der Waals surface area (Å²) in [5, 5.41) is 5.37. The van der Waals surface area contributed by atoms with Gasteiger partial charge in [0.05, 0.1) is 11.2 Å². The number of hydrogen-bond donors (Lipinski definition) is 0. The van der Waals surface area contributed by atoms with Gasteiger partial charge in [-0.05, 0) is 42.2 Å². The fourth-order valence-electron chi connectivity index (χ4n) is 2.88. The smallest absolute Gasteiger partial charge is 0.133 e. The molecule has 0 amide bonds. The van der Waals surface area contributed by atoms with Crippen molar-refractivity contribution < 1.29 is 9.18 Å². The molecule has 1 aromatic carbocycles. The molecule has 3 nitrogen and oxygen atoms in total. The number of aromatic nitrogens is 2. The van der Waals surface area contributed by atoms with Gasteiger partial charge in [0, 0.05) is 23.4 Å². The predicted molar refractivity (Wildman–Crippen MR) is 115 cm³/mol. The van der Waals surface area contributed by atoms with Crippen LogP contribution in [0.4, 0.5) is 4.39 Å². The van der Waals surface area contributed by atoms with Gasteiger partial charge in [-0.15, -0.1) is 0 Å². The summed E-state index contributed by atoms with van der Waals surface area (Å²) in [4.78, 5) is 10.8. The van der Waals surface area contributed by atoms with Gasteiger partial charge in [-0.3, -0.25) is 4.79 Å². The normalized spacial score (nSPS) is 11.3. The molecule has 28 heavy (non-hydrogen) atoms. The van der Waals surface area contributed by atoms with E-state index < -0.39 is 0 Å². The first-order valence-corrected chi connectivity index (χ1v) is 9.89. The number of hydrogen-bond acceptors (Lipinski definition) is 2. The van der Waals surface area contributed by atoms with E-state index in [1.165, 1.54) is 12.1 Å². The van der Waals surface area contributed by atoms with Gasteiger partial charge in [-0.25, -0.2) is 8.91 Å². The Morgan fingerprint density at radius 3 is 2.25 bits per heavy atom. The van der Waals surface area contributed by atoms with Crippen LogP contribution in [0.5, 0.6) is 0 Å². The first-order valence-electron chi connectivity index (χ1n) is 9.14. The quantitative estimate of drug-likeness (QED) is 0.419. The molecule has 0 bridgehead atoms. The van der Waals surface area contributed by atoms with Crippen LogP contribution in [0.25, 0.3) is 16.6 Å². The van der Waals surface area contributed by atoms with Crippen LogP contribution in [-0.2, 0) is 4.79 Å². The highest BCUT2D eigenvalue weighted by Gasteiger charge is 2.14. The number of halogens is 3. The predicted octanol–water partition coefficient (Wildman–Crippen LogP) is 7.16. The monoisotopic (exact) mass is 422 g/mol. The van der Waals surface area contributed by atoms with E-state index in [9.17, 15) is 9.18 Å². The van der Waals surface area contributed by atoms with Crippen LogP contribution in [0.1, 0.15) is 46.2 Å². The molecule has 0 aliphatic carbocycles. The highest BCUT2D eigenvalue weighted by atomic mass is 35.5. The maximum atomic E-state index is 13.0. The Balaban J connectivity index is 0.000000266. The van der Waals surface area contributed by atoms with Gasteiger partial charge in [-0.1, -0.05) is 63.0 Å². The second-order valence-corrected chi connectivity index (χ2v) is 8.71. The lowest BCUT2D eigenvalue weighted by Crippen LogP contribution is -2.11. The van der Waals surface area contributed by atoms with Crippen LogP contribution in [0.15, 0.2) is 36.4 Å². The number of carbonyl (C=O) groups is 1. The number of benzene rings is 1. The number of pyridine rings is 1. The molecule has 3 aromatic rings. The summed E-state index contributed by atoms with van der Waals surface area (Å²) in [5.74, 6) is 0.0939. The van der Waals surface area contributed by atoms with Crippen molar-refractivity contribution in [3.05, 3.63) is 58.1 Å². The van der Waals surface area contributed by atoms with Gasteiger partial charge in [0.25, 0.3) is 0 Å². The Morgan fingerprint density at radius 1 is 1.14 bits per heavy atom. The Kier molecular flexibility index (Phi) is 7.24. The minimum atomic E-state index is -0.269. The highest BCUT2D eigenvalue weighted by molar-refractivity contribution is 6.34. The molecule has 2 heterocycles. The molecule has 0 aliphatic rings. The number of fused-ring (bicyclic) bond motifs is 1. The van der Waals surface area contributed by atoms with Crippen LogP contribution in [0, 0.1) is 18.2 Å². The summed E-state index contributed by atoms with van der Waals surface area (Å²) >= 11 is 12.1. The molecule has 0 saturated heterocycles. The Bertz CT molecular complexity index is 973. The van der Waals surface area contributed by atoms with E-state index >= 15 is 0 Å². The summed E-state index contributed by atoms with van der Waals surface area (Å²) in [6, 6.07) is 9.71. The van der Waals surface area contributed by atoms with Crippen LogP contribution < -0.4 is 0 Å². The summed E-state index contributed by atoms with van der Waals surface area (Å²) in [6.45, 7) is 10.0. The molecule has 0 radical (unpaired) electrons. The average molecular weight is 423 g/mol. The lowest BCUT2D eigenvalue weighted by Gasteiger charge is -2.15. The molecule has 0 atom stereocenters. The molecular weight excluding hydrogens is 398 g/mol. The maximum absolute atomic E-state index is 13.0. The lowest BCUT2D eigenvalue weighted by atomic mass is 9.89. The van der Waals surface area contributed by atoms with Crippen molar-refractivity contribution in [1.82, 2.24) is 9.61 Å². The van der Waals surface area contributed by atoms with Gasteiger partial charge < -0.3 is 0 Å². The molecule has 150 valence electrons. The van der Waals surface area contributed by atoms with Crippen LogP contribution in [0.3, 0.4) is 0 Å². The highest BCUT2D eigenvalue weighted by Crippen LogP contribution is 2.32. The van der Waals surface area contributed by atoms with Crippen LogP contribution in [0.2, 0.25) is 10.2 Å². The molecule has 0 fully saturated rings. The molecule has 0 saturated carbocycles. The van der Waals surface area contributed by atoms with Crippen molar-refractivity contribution in [2.45, 2.75) is 47.5 Å². The zero-order valence-corrected chi connectivity index (χ0v) is 18.3. The number of Topliss-reactive ketones (excluding diaryl/α,β-unsaturated/α-hetero) is 1. The largest absolute Gasteiger partial charge is 0.300 e. The molecule has 0 N–H and O–H groups in total. The van der Waals surface area contributed by atoms with E-state index in [2.05, 4.69) is 25.9 Å². The van der Waals surface area contributed by atoms with E-state index in [1.54, 1.807) is 28.8 Å². The Morgan fingerprint density at radius 2 is 1.75 bits per heavy atom. The fraction of sp³-hybridized carbons (Fsp3) is 0.364. The SMILES string of the molecule is CCC(=O)CC(C)(C)C.Cc1nn2c(Cl)cc(Cl)cc2c1-c1ccc(F)cc1. The second-order valence-electron chi connectivity index (χ2n) is 7.89. The fourth-order valence-corrected chi connectivity index (χ4v) is 3.39. The summed E-state index contributed by atoms with van der Waals surface area (Å²) in [7, 11) is 0. The van der Waals surface area contributed by atoms with Crippen molar-refractivity contribution in [2.75, 3.05) is 0 Å². The number of rotatable bonds is 3. The molecule has 3 rings (SSSR count). The van der Waals surface area contributed by atoms with Crippen LogP contribution >= 0.6 is 23.2 Å². The summed E-state index contributed by atoms with van der Waals surface area (Å²) in [6.07, 6.45) is 1.39. The van der Waals surface area contributed by atoms with Gasteiger partial charge in [0.2, 0.25) is 0 Å². The number of carbonyl (C=O) groups excluding carboxylic acids is 1. The van der Waals surface area contributed by atoms with Crippen molar-refractivity contribution in [3.8, 4) is 11.1 Å². The topological polar surface area (TPSA) is 34.4 Å². The minimum Gasteiger partial charge on any atom is -0.300 e. The number of ketones is 1. The van der Waals surface area contributed by atoms with Gasteiger partial charge in [0.15, 0.2) is 0 Å². The lowest BCUT2D eigenvalue weighted by molar-refractivity contribution is -0.120. The van der Waals surface area contributed by atoms with Gasteiger partial charge >= 0.3 is 0 Å². The van der Waals surface area contributed by atoms with E-state index in [1.807, 2.05) is 13.8 Å². The molecule has 0 unspecified atom stereocenters. The molecule has 0 aliphatic heterocycles. The van der Waals surface area contributed by atoms with Gasteiger partial charge in [-0.2, -0.15) is 5.10 Å². The third-order valence-corrected chi connectivity index (χ3v) is 4.57. The Labute approximate surface area is 175 Å². The number of nitrogens with zero attached hydrogens (tertiary/aromatic N) is 2. The third kappa shape index (κ3) is 5.79. The second kappa shape index (κ2) is 9.06. The van der Waals surface area contributed by atoms with Crippen LogP contribution in [-0.4, -0.2) is 15.4 Å². The molecule has 0 spiro atoms. The van der Waals surface area contributed by atoms with E-state index in [4.69, 9.17) is 23.2 Å². The van der Waals surface area contributed by atoms with E-state index in [0.29, 0.717) is 28.8 Å². The molecule has 6 heteroatoms. The first-order chi connectivity index (χ1) is 13.0. The molecular formula is C22H25Cl2FN2O. The standard InChI is InChI=1S/C14H9Cl2FN2.C8H16O/c1-8-14(9-2-4-11(17)5-3-9)12-6-10(15)7-13(16)19(12)18-8;1-5-7(9)6-8(2,3)4/h2-7H,1H3;5-6H2,1-4H3.